The maximum atomic E-state index is 12.5. The van der Waals surface area contributed by atoms with Crippen molar-refractivity contribution >= 4 is 11.7 Å². The first-order valence-electron chi connectivity index (χ1n) is 11.7. The first kappa shape index (κ1) is 21.5. The second-order valence-electron chi connectivity index (χ2n) is 8.71. The van der Waals surface area contributed by atoms with Gasteiger partial charge in [0.2, 0.25) is 12.7 Å². The molecule has 5 rings (SSSR count). The molecule has 0 atom stereocenters. The Hall–Kier alpha value is -3.32. The Morgan fingerprint density at radius 1 is 1.03 bits per heavy atom. The molecule has 0 bridgehead atoms. The minimum absolute atomic E-state index is 0.0465. The number of nitrogens with one attached hydrogen (secondary N) is 1. The summed E-state index contributed by atoms with van der Waals surface area (Å²) in [6.07, 6.45) is 6.01. The Kier molecular flexibility index (Phi) is 6.58. The molecule has 0 spiro atoms. The van der Waals surface area contributed by atoms with Crippen molar-refractivity contribution in [2.24, 2.45) is 0 Å². The highest BCUT2D eigenvalue weighted by Gasteiger charge is 2.25. The topological polar surface area (TPSA) is 68.6 Å². The molecular formula is C26H30N4O3. The van der Waals surface area contributed by atoms with E-state index in [9.17, 15) is 4.79 Å². The van der Waals surface area contributed by atoms with Gasteiger partial charge >= 0.3 is 0 Å². The van der Waals surface area contributed by atoms with Crippen LogP contribution in [-0.4, -0.2) is 40.5 Å². The molecular weight excluding hydrogens is 416 g/mol. The highest BCUT2D eigenvalue weighted by molar-refractivity contribution is 5.89. The van der Waals surface area contributed by atoms with Crippen LogP contribution < -0.4 is 14.8 Å². The minimum Gasteiger partial charge on any atom is -0.454 e. The fourth-order valence-corrected chi connectivity index (χ4v) is 4.69. The van der Waals surface area contributed by atoms with Gasteiger partial charge in [-0.25, -0.2) is 4.68 Å². The Labute approximate surface area is 194 Å². The second kappa shape index (κ2) is 10.1. The number of carbonyl (C=O) groups is 1. The number of carbonyl (C=O) groups excluding carboxylic acids is 1. The number of para-hydroxylation sites is 1. The van der Waals surface area contributed by atoms with Crippen molar-refractivity contribution in [3.8, 4) is 11.5 Å². The number of hydrogen-bond acceptors (Lipinski definition) is 5. The molecule has 7 heteroatoms. The zero-order valence-electron chi connectivity index (χ0n) is 18.8. The average Bonchev–Trinajstić information content (AvgIpc) is 3.51. The molecule has 2 aromatic carbocycles. The number of piperidine rings is 1. The molecule has 7 nitrogen and oxygen atoms in total. The van der Waals surface area contributed by atoms with Crippen molar-refractivity contribution in [3.05, 3.63) is 71.9 Å². The summed E-state index contributed by atoms with van der Waals surface area (Å²) < 4.78 is 13.1. The molecule has 0 aliphatic carbocycles. The molecule has 0 saturated carbocycles. The van der Waals surface area contributed by atoms with Crippen LogP contribution in [0, 0.1) is 0 Å². The zero-order chi connectivity index (χ0) is 22.5. The second-order valence-corrected chi connectivity index (χ2v) is 8.71. The molecule has 3 heterocycles. The molecule has 1 aromatic heterocycles. The lowest BCUT2D eigenvalue weighted by Gasteiger charge is -2.32. The quantitative estimate of drug-likeness (QED) is 0.555. The third-order valence-electron chi connectivity index (χ3n) is 6.42. The summed E-state index contributed by atoms with van der Waals surface area (Å²) in [4.78, 5) is 14.9. The number of amides is 1. The normalized spacial score (nSPS) is 16.1. The molecule has 2 aliphatic heterocycles. The summed E-state index contributed by atoms with van der Waals surface area (Å²) in [7, 11) is 0. The number of rotatable bonds is 8. The highest BCUT2D eigenvalue weighted by Crippen LogP contribution is 2.36. The van der Waals surface area contributed by atoms with Gasteiger partial charge in [0.1, 0.15) is 5.82 Å². The lowest BCUT2D eigenvalue weighted by Crippen LogP contribution is -2.35. The van der Waals surface area contributed by atoms with Crippen molar-refractivity contribution in [1.29, 1.82) is 0 Å². The molecule has 2 aliphatic rings. The van der Waals surface area contributed by atoms with Crippen LogP contribution in [0.3, 0.4) is 0 Å². The van der Waals surface area contributed by atoms with Gasteiger partial charge in [0.15, 0.2) is 11.5 Å². The maximum absolute atomic E-state index is 12.5. The third-order valence-corrected chi connectivity index (χ3v) is 6.42. The number of fused-ring (bicyclic) bond motifs is 1. The fraction of sp³-hybridized carbons (Fsp3) is 0.385. The summed E-state index contributed by atoms with van der Waals surface area (Å²) in [6.45, 7) is 3.09. The van der Waals surface area contributed by atoms with Gasteiger partial charge in [-0.2, -0.15) is 5.10 Å². The number of anilines is 1. The number of aromatic nitrogens is 2. The SMILES string of the molecule is O=C(CCCc1ccccc1)Nc1ccnn1C1CCN(Cc2cccc3c2OCO3)CC1. The highest BCUT2D eigenvalue weighted by atomic mass is 16.7. The monoisotopic (exact) mass is 446 g/mol. The van der Waals surface area contributed by atoms with Gasteiger partial charge in [-0.15, -0.1) is 0 Å². The number of nitrogens with zero attached hydrogens (tertiary/aromatic N) is 3. The number of ether oxygens (including phenoxy) is 2. The molecule has 1 amide bonds. The van der Waals surface area contributed by atoms with Gasteiger partial charge in [-0.1, -0.05) is 42.5 Å². The van der Waals surface area contributed by atoms with Crippen LogP contribution in [0.5, 0.6) is 11.5 Å². The van der Waals surface area contributed by atoms with Gasteiger partial charge in [0.05, 0.1) is 12.2 Å². The van der Waals surface area contributed by atoms with Gasteiger partial charge < -0.3 is 14.8 Å². The van der Waals surface area contributed by atoms with Gasteiger partial charge in [-0.05, 0) is 37.3 Å². The standard InChI is InChI=1S/C26H30N4O3/c31-25(11-4-8-20-6-2-1-3-7-20)28-24-12-15-27-30(24)22-13-16-29(17-14-22)18-21-9-5-10-23-26(21)33-19-32-23/h1-3,5-7,9-10,12,15,22H,4,8,11,13-14,16-19H2,(H,28,31). The van der Waals surface area contributed by atoms with Crippen molar-refractivity contribution in [2.75, 3.05) is 25.2 Å². The summed E-state index contributed by atoms with van der Waals surface area (Å²) in [6, 6.07) is 18.6. The molecule has 0 unspecified atom stereocenters. The summed E-state index contributed by atoms with van der Waals surface area (Å²) in [5.74, 6) is 2.56. The van der Waals surface area contributed by atoms with Crippen LogP contribution in [0.25, 0.3) is 0 Å². The Bertz CT molecular complexity index is 1070. The smallest absolute Gasteiger partial charge is 0.231 e. The van der Waals surface area contributed by atoms with E-state index in [0.29, 0.717) is 13.2 Å². The number of likely N-dealkylation sites (tertiary alicyclic amines) is 1. The largest absolute Gasteiger partial charge is 0.454 e. The van der Waals surface area contributed by atoms with Crippen LogP contribution in [0.1, 0.15) is 42.9 Å². The van der Waals surface area contributed by atoms with Gasteiger partial charge in [0, 0.05) is 37.7 Å². The Morgan fingerprint density at radius 3 is 2.73 bits per heavy atom. The van der Waals surface area contributed by atoms with Crippen molar-refractivity contribution in [2.45, 2.75) is 44.7 Å². The number of aryl methyl sites for hydroxylation is 1. The fourth-order valence-electron chi connectivity index (χ4n) is 4.69. The van der Waals surface area contributed by atoms with Crippen LogP contribution in [-0.2, 0) is 17.8 Å². The molecule has 3 aromatic rings. The number of hydrogen-bond donors (Lipinski definition) is 1. The summed E-state index contributed by atoms with van der Waals surface area (Å²) in [5, 5.41) is 7.59. The summed E-state index contributed by atoms with van der Waals surface area (Å²) in [5.41, 5.74) is 2.44. The molecule has 33 heavy (non-hydrogen) atoms. The predicted molar refractivity (Wildman–Crippen MR) is 126 cm³/mol. The van der Waals surface area contributed by atoms with Crippen molar-refractivity contribution in [1.82, 2.24) is 14.7 Å². The van der Waals surface area contributed by atoms with Crippen LogP contribution >= 0.6 is 0 Å². The lowest BCUT2D eigenvalue weighted by molar-refractivity contribution is -0.116. The summed E-state index contributed by atoms with van der Waals surface area (Å²) >= 11 is 0. The maximum Gasteiger partial charge on any atom is 0.231 e. The van der Waals surface area contributed by atoms with Gasteiger partial charge in [-0.3, -0.25) is 9.69 Å². The van der Waals surface area contributed by atoms with E-state index in [-0.39, 0.29) is 11.9 Å². The zero-order valence-corrected chi connectivity index (χ0v) is 18.8. The Balaban J connectivity index is 1.11. The van der Waals surface area contributed by atoms with Crippen molar-refractivity contribution < 1.29 is 14.3 Å². The molecule has 172 valence electrons. The lowest BCUT2D eigenvalue weighted by atomic mass is 10.0. The molecule has 1 saturated heterocycles. The molecule has 0 radical (unpaired) electrons. The van der Waals surface area contributed by atoms with E-state index < -0.39 is 0 Å². The predicted octanol–water partition coefficient (Wildman–Crippen LogP) is 4.41. The third kappa shape index (κ3) is 5.20. The van der Waals surface area contributed by atoms with Crippen LogP contribution in [0.4, 0.5) is 5.82 Å². The van der Waals surface area contributed by atoms with E-state index in [1.165, 1.54) is 11.1 Å². The van der Waals surface area contributed by atoms with E-state index in [0.717, 1.165) is 62.6 Å². The molecule has 1 fully saturated rings. The van der Waals surface area contributed by atoms with Crippen LogP contribution in [0.2, 0.25) is 0 Å². The van der Waals surface area contributed by atoms with E-state index in [1.807, 2.05) is 41.1 Å². The minimum atomic E-state index is 0.0465. The first-order chi connectivity index (χ1) is 16.3. The van der Waals surface area contributed by atoms with E-state index in [1.54, 1.807) is 6.20 Å². The van der Waals surface area contributed by atoms with Crippen molar-refractivity contribution in [3.63, 3.8) is 0 Å². The van der Waals surface area contributed by atoms with E-state index in [4.69, 9.17) is 9.47 Å². The number of benzene rings is 2. The van der Waals surface area contributed by atoms with Crippen LogP contribution in [0.15, 0.2) is 60.8 Å². The van der Waals surface area contributed by atoms with Gasteiger partial charge in [0.25, 0.3) is 0 Å². The molecule has 1 N–H and O–H groups in total. The Morgan fingerprint density at radius 2 is 1.88 bits per heavy atom. The van der Waals surface area contributed by atoms with E-state index in [2.05, 4.69) is 33.5 Å². The first-order valence-corrected chi connectivity index (χ1v) is 11.7. The average molecular weight is 447 g/mol. The van der Waals surface area contributed by atoms with E-state index >= 15 is 0 Å².